The molecule has 0 bridgehead atoms. The second-order valence-corrected chi connectivity index (χ2v) is 8.27. The first kappa shape index (κ1) is 19.5. The van der Waals surface area contributed by atoms with Gasteiger partial charge in [-0.2, -0.15) is 0 Å². The van der Waals surface area contributed by atoms with Crippen LogP contribution in [0.1, 0.15) is 29.8 Å². The van der Waals surface area contributed by atoms with Crippen LogP contribution in [0.4, 0.5) is 5.69 Å². The maximum Gasteiger partial charge on any atom is 0.271 e. The van der Waals surface area contributed by atoms with Crippen molar-refractivity contribution in [2.75, 3.05) is 38.1 Å². The molecule has 1 saturated heterocycles. The minimum Gasteiger partial charge on any atom is -0.476 e. The van der Waals surface area contributed by atoms with Crippen molar-refractivity contribution >= 4 is 17.5 Å². The van der Waals surface area contributed by atoms with Crippen molar-refractivity contribution in [1.29, 1.82) is 0 Å². The second-order valence-electron chi connectivity index (χ2n) is 8.27. The number of piperazine rings is 1. The summed E-state index contributed by atoms with van der Waals surface area (Å²) in [5.74, 6) is 0.511. The monoisotopic (exact) mass is 393 g/mol. The quantitative estimate of drug-likeness (QED) is 0.805. The zero-order valence-corrected chi connectivity index (χ0v) is 17.2. The summed E-state index contributed by atoms with van der Waals surface area (Å²) in [5.41, 5.74) is 1.31. The van der Waals surface area contributed by atoms with Crippen LogP contribution in [-0.2, 0) is 11.3 Å². The van der Waals surface area contributed by atoms with Crippen molar-refractivity contribution in [1.82, 2.24) is 9.80 Å². The van der Waals surface area contributed by atoms with Gasteiger partial charge < -0.3 is 19.4 Å². The third-order valence-corrected chi connectivity index (χ3v) is 5.60. The summed E-state index contributed by atoms with van der Waals surface area (Å²) in [6.07, 6.45) is 0. The van der Waals surface area contributed by atoms with E-state index >= 15 is 0 Å². The maximum absolute atomic E-state index is 13.1. The molecule has 0 spiro atoms. The van der Waals surface area contributed by atoms with Gasteiger partial charge in [0.1, 0.15) is 5.75 Å². The smallest absolute Gasteiger partial charge is 0.271 e. The van der Waals surface area contributed by atoms with Crippen molar-refractivity contribution in [3.63, 3.8) is 0 Å². The van der Waals surface area contributed by atoms with Crippen molar-refractivity contribution in [2.45, 2.75) is 26.0 Å². The number of hydrogen-bond donors (Lipinski definition) is 0. The maximum atomic E-state index is 13.1. The molecule has 4 rings (SSSR count). The molecule has 0 radical (unpaired) electrons. The number of likely N-dealkylation sites (N-methyl/N-ethyl adjacent to an activating group) is 1. The molecule has 0 aliphatic carbocycles. The number of hydrogen-bond acceptors (Lipinski definition) is 4. The lowest BCUT2D eigenvalue weighted by Crippen LogP contribution is -2.52. The number of nitrogens with zero attached hydrogens (tertiary/aromatic N) is 3. The molecule has 29 heavy (non-hydrogen) atoms. The normalized spacial score (nSPS) is 18.9. The first-order valence-corrected chi connectivity index (χ1v) is 10.0. The van der Waals surface area contributed by atoms with Gasteiger partial charge in [-0.3, -0.25) is 9.59 Å². The molecule has 152 valence electrons. The van der Waals surface area contributed by atoms with Crippen molar-refractivity contribution in [2.24, 2.45) is 0 Å². The summed E-state index contributed by atoms with van der Waals surface area (Å²) < 4.78 is 5.97. The van der Waals surface area contributed by atoms with E-state index < -0.39 is 5.60 Å². The Morgan fingerprint density at radius 3 is 2.41 bits per heavy atom. The molecule has 6 heteroatoms. The molecular weight excluding hydrogens is 366 g/mol. The van der Waals surface area contributed by atoms with Crippen LogP contribution in [0.2, 0.25) is 0 Å². The largest absolute Gasteiger partial charge is 0.476 e. The van der Waals surface area contributed by atoms with Gasteiger partial charge in [-0.05, 0) is 44.7 Å². The number of benzene rings is 2. The van der Waals surface area contributed by atoms with E-state index in [2.05, 4.69) is 11.9 Å². The van der Waals surface area contributed by atoms with E-state index in [0.29, 0.717) is 36.6 Å². The second kappa shape index (κ2) is 7.52. The number of carbonyl (C=O) groups excluding carboxylic acids is 2. The van der Waals surface area contributed by atoms with Crippen LogP contribution in [0, 0.1) is 0 Å². The molecule has 0 unspecified atom stereocenters. The van der Waals surface area contributed by atoms with Crippen molar-refractivity contribution < 1.29 is 14.3 Å². The molecule has 2 aliphatic rings. The fourth-order valence-corrected chi connectivity index (χ4v) is 3.82. The van der Waals surface area contributed by atoms with Crippen LogP contribution < -0.4 is 9.64 Å². The van der Waals surface area contributed by atoms with E-state index in [1.54, 1.807) is 30.9 Å². The van der Waals surface area contributed by atoms with Gasteiger partial charge in [-0.1, -0.05) is 30.3 Å². The standard InChI is InChI=1S/C23H27N3O3/c1-23(2)22(28)26(16-17-7-5-4-6-8-17)19-15-18(9-10-20(19)29-23)21(27)25-13-11-24(3)12-14-25/h4-10,15H,11-14,16H2,1-3H3. The highest BCUT2D eigenvalue weighted by Crippen LogP contribution is 2.39. The fraction of sp³-hybridized carbons (Fsp3) is 0.391. The predicted molar refractivity (Wildman–Crippen MR) is 112 cm³/mol. The van der Waals surface area contributed by atoms with E-state index in [9.17, 15) is 9.59 Å². The molecule has 2 aliphatic heterocycles. The summed E-state index contributed by atoms with van der Waals surface area (Å²) in [6, 6.07) is 15.3. The number of fused-ring (bicyclic) bond motifs is 1. The van der Waals surface area contributed by atoms with Crippen LogP contribution in [0.3, 0.4) is 0 Å². The Morgan fingerprint density at radius 1 is 1.03 bits per heavy atom. The molecule has 2 heterocycles. The number of ether oxygens (including phenoxy) is 1. The van der Waals surface area contributed by atoms with E-state index in [-0.39, 0.29) is 11.8 Å². The van der Waals surface area contributed by atoms with Gasteiger partial charge in [0.2, 0.25) is 0 Å². The third kappa shape index (κ3) is 3.85. The SMILES string of the molecule is CN1CCN(C(=O)c2ccc3c(c2)N(Cc2ccccc2)C(=O)C(C)(C)O3)CC1. The Bertz CT molecular complexity index is 918. The van der Waals surface area contributed by atoms with Gasteiger partial charge >= 0.3 is 0 Å². The van der Waals surface area contributed by atoms with Gasteiger partial charge in [0, 0.05) is 31.7 Å². The number of rotatable bonds is 3. The van der Waals surface area contributed by atoms with Gasteiger partial charge in [0.05, 0.1) is 12.2 Å². The van der Waals surface area contributed by atoms with Gasteiger partial charge in [0.15, 0.2) is 5.60 Å². The lowest BCUT2D eigenvalue weighted by Gasteiger charge is -2.39. The zero-order valence-electron chi connectivity index (χ0n) is 17.2. The average Bonchev–Trinajstić information content (AvgIpc) is 2.72. The van der Waals surface area contributed by atoms with Crippen LogP contribution >= 0.6 is 0 Å². The Labute approximate surface area is 171 Å². The lowest BCUT2D eigenvalue weighted by atomic mass is 10.0. The molecule has 0 N–H and O–H groups in total. The Balaban J connectivity index is 1.67. The minimum atomic E-state index is -0.954. The number of amides is 2. The predicted octanol–water partition coefficient (Wildman–Crippen LogP) is 2.78. The first-order chi connectivity index (χ1) is 13.8. The van der Waals surface area contributed by atoms with Gasteiger partial charge in [0.25, 0.3) is 11.8 Å². The Morgan fingerprint density at radius 2 is 1.72 bits per heavy atom. The topological polar surface area (TPSA) is 53.1 Å². The molecule has 2 aromatic carbocycles. The Hall–Kier alpha value is -2.86. The Kier molecular flexibility index (Phi) is 5.04. The summed E-state index contributed by atoms with van der Waals surface area (Å²) >= 11 is 0. The van der Waals surface area contributed by atoms with Crippen LogP contribution in [0.5, 0.6) is 5.75 Å². The van der Waals surface area contributed by atoms with E-state index in [0.717, 1.165) is 18.7 Å². The van der Waals surface area contributed by atoms with Gasteiger partial charge in [-0.15, -0.1) is 0 Å². The van der Waals surface area contributed by atoms with Crippen LogP contribution in [-0.4, -0.2) is 60.4 Å². The van der Waals surface area contributed by atoms with Crippen LogP contribution in [0.25, 0.3) is 0 Å². The molecule has 2 amide bonds. The highest BCUT2D eigenvalue weighted by Gasteiger charge is 2.41. The molecule has 0 atom stereocenters. The molecule has 0 aromatic heterocycles. The van der Waals surface area contributed by atoms with Crippen molar-refractivity contribution in [3.05, 3.63) is 59.7 Å². The average molecular weight is 393 g/mol. The van der Waals surface area contributed by atoms with Gasteiger partial charge in [-0.25, -0.2) is 0 Å². The summed E-state index contributed by atoms with van der Waals surface area (Å²) in [7, 11) is 2.06. The number of carbonyl (C=O) groups is 2. The summed E-state index contributed by atoms with van der Waals surface area (Å²) in [5, 5.41) is 0. The molecule has 1 fully saturated rings. The summed E-state index contributed by atoms with van der Waals surface area (Å²) in [4.78, 5) is 32.0. The minimum absolute atomic E-state index is 0.00200. The zero-order chi connectivity index (χ0) is 20.6. The van der Waals surface area contributed by atoms with E-state index in [4.69, 9.17) is 4.74 Å². The molecule has 2 aromatic rings. The van der Waals surface area contributed by atoms with E-state index in [1.807, 2.05) is 41.3 Å². The highest BCUT2D eigenvalue weighted by molar-refractivity contribution is 6.04. The molecular formula is C23H27N3O3. The number of anilines is 1. The third-order valence-electron chi connectivity index (χ3n) is 5.60. The summed E-state index contributed by atoms with van der Waals surface area (Å²) in [6.45, 7) is 7.15. The first-order valence-electron chi connectivity index (χ1n) is 10.0. The molecule has 6 nitrogen and oxygen atoms in total. The lowest BCUT2D eigenvalue weighted by molar-refractivity contribution is -0.132. The van der Waals surface area contributed by atoms with E-state index in [1.165, 1.54) is 0 Å². The highest BCUT2D eigenvalue weighted by atomic mass is 16.5. The van der Waals surface area contributed by atoms with Crippen LogP contribution in [0.15, 0.2) is 48.5 Å². The fourth-order valence-electron chi connectivity index (χ4n) is 3.82. The van der Waals surface area contributed by atoms with Crippen molar-refractivity contribution in [3.8, 4) is 5.75 Å². The molecule has 0 saturated carbocycles.